The third-order valence-corrected chi connectivity index (χ3v) is 4.97. The average Bonchev–Trinajstić information content (AvgIpc) is 2.90. The molecule has 1 saturated heterocycles. The number of hydrogen-bond acceptors (Lipinski definition) is 6. The number of aryl methyl sites for hydroxylation is 1. The molecule has 1 fully saturated rings. The normalized spacial score (nSPS) is 17.1. The number of hydrogen-bond donors (Lipinski definition) is 0. The first kappa shape index (κ1) is 15.2. The quantitative estimate of drug-likeness (QED) is 0.483. The lowest BCUT2D eigenvalue weighted by atomic mass is 10.2. The topological polar surface area (TPSA) is 46.6 Å². The zero-order valence-electron chi connectivity index (χ0n) is 11.0. The lowest BCUT2D eigenvalue weighted by Crippen LogP contribution is -2.34. The van der Waals surface area contributed by atoms with Gasteiger partial charge in [-0.05, 0) is 36.9 Å². The number of nitrogens with zero attached hydrogens (tertiary/aromatic N) is 1. The molecule has 0 N–H and O–H groups in total. The summed E-state index contributed by atoms with van der Waals surface area (Å²) in [6.07, 6.45) is 1.82. The second-order valence-corrected chi connectivity index (χ2v) is 6.66. The Morgan fingerprint density at radius 2 is 2.30 bits per heavy atom. The molecular formula is C13H13NO3S3. The minimum absolute atomic E-state index is 0.126. The minimum atomic E-state index is -0.447. The van der Waals surface area contributed by atoms with Gasteiger partial charge in [0.2, 0.25) is 0 Å². The van der Waals surface area contributed by atoms with Crippen LogP contribution in [-0.2, 0) is 14.3 Å². The summed E-state index contributed by atoms with van der Waals surface area (Å²) in [7, 11) is 0. The van der Waals surface area contributed by atoms with Crippen LogP contribution in [0.25, 0.3) is 6.08 Å². The molecule has 0 spiro atoms. The molecule has 1 aliphatic rings. The van der Waals surface area contributed by atoms with E-state index in [2.05, 4.69) is 0 Å². The fourth-order valence-corrected chi connectivity index (χ4v) is 3.79. The van der Waals surface area contributed by atoms with Gasteiger partial charge in [0.25, 0.3) is 5.91 Å². The van der Waals surface area contributed by atoms with E-state index < -0.39 is 5.97 Å². The molecule has 20 heavy (non-hydrogen) atoms. The number of thioether (sulfide) groups is 1. The fourth-order valence-electron chi connectivity index (χ4n) is 1.62. The second kappa shape index (κ2) is 6.51. The Bertz CT molecular complexity index is 591. The monoisotopic (exact) mass is 327 g/mol. The van der Waals surface area contributed by atoms with Gasteiger partial charge < -0.3 is 4.74 Å². The summed E-state index contributed by atoms with van der Waals surface area (Å²) >= 11 is 7.93. The van der Waals surface area contributed by atoms with E-state index in [1.807, 2.05) is 24.4 Å². The largest absolute Gasteiger partial charge is 0.465 e. The van der Waals surface area contributed by atoms with Crippen molar-refractivity contribution in [1.29, 1.82) is 0 Å². The first-order valence-electron chi connectivity index (χ1n) is 5.98. The number of thiocarbonyl (C=S) groups is 1. The van der Waals surface area contributed by atoms with Crippen LogP contribution in [-0.4, -0.2) is 34.2 Å². The maximum Gasteiger partial charge on any atom is 0.326 e. The molecule has 0 atom stereocenters. The van der Waals surface area contributed by atoms with Gasteiger partial charge in [-0.2, -0.15) is 0 Å². The first-order chi connectivity index (χ1) is 9.52. The van der Waals surface area contributed by atoms with Crippen LogP contribution < -0.4 is 0 Å². The highest BCUT2D eigenvalue weighted by Gasteiger charge is 2.33. The van der Waals surface area contributed by atoms with Crippen LogP contribution in [0.4, 0.5) is 0 Å². The van der Waals surface area contributed by atoms with Gasteiger partial charge in [-0.15, -0.1) is 11.3 Å². The van der Waals surface area contributed by atoms with E-state index in [-0.39, 0.29) is 19.1 Å². The van der Waals surface area contributed by atoms with Gasteiger partial charge in [-0.25, -0.2) is 0 Å². The molecule has 2 rings (SSSR count). The highest BCUT2D eigenvalue weighted by Crippen LogP contribution is 2.33. The Balaban J connectivity index is 2.15. The molecule has 0 aliphatic carbocycles. The maximum atomic E-state index is 12.2. The molecule has 0 aromatic carbocycles. The Morgan fingerprint density at radius 1 is 1.55 bits per heavy atom. The predicted molar refractivity (Wildman–Crippen MR) is 85.6 cm³/mol. The number of esters is 1. The van der Waals surface area contributed by atoms with Crippen LogP contribution in [0.3, 0.4) is 0 Å². The summed E-state index contributed by atoms with van der Waals surface area (Å²) in [4.78, 5) is 26.6. The summed E-state index contributed by atoms with van der Waals surface area (Å²) in [5.74, 6) is -0.682. The molecule has 1 aromatic heterocycles. The van der Waals surface area contributed by atoms with E-state index in [1.165, 1.54) is 16.7 Å². The fraction of sp³-hybridized carbons (Fsp3) is 0.308. The molecule has 7 heteroatoms. The van der Waals surface area contributed by atoms with Gasteiger partial charge in [0.05, 0.1) is 11.5 Å². The average molecular weight is 327 g/mol. The van der Waals surface area contributed by atoms with E-state index >= 15 is 0 Å². The van der Waals surface area contributed by atoms with E-state index in [0.29, 0.717) is 9.23 Å². The number of ether oxygens (including phenoxy) is 1. The Morgan fingerprint density at radius 3 is 2.90 bits per heavy atom. The summed E-state index contributed by atoms with van der Waals surface area (Å²) in [6.45, 7) is 3.88. The van der Waals surface area contributed by atoms with E-state index in [9.17, 15) is 9.59 Å². The van der Waals surface area contributed by atoms with Gasteiger partial charge in [0.15, 0.2) is 0 Å². The van der Waals surface area contributed by atoms with Crippen molar-refractivity contribution in [3.8, 4) is 0 Å². The lowest BCUT2D eigenvalue weighted by Gasteiger charge is -2.12. The van der Waals surface area contributed by atoms with E-state index in [0.717, 1.165) is 10.4 Å². The Hall–Kier alpha value is -1.18. The molecule has 0 radical (unpaired) electrons. The smallest absolute Gasteiger partial charge is 0.326 e. The number of carbonyl (C=O) groups excluding carboxylic acids is 2. The first-order valence-corrected chi connectivity index (χ1v) is 8.08. The van der Waals surface area contributed by atoms with E-state index in [4.69, 9.17) is 17.0 Å². The molecule has 2 heterocycles. The predicted octanol–water partition coefficient (Wildman–Crippen LogP) is 2.82. The van der Waals surface area contributed by atoms with Crippen molar-refractivity contribution >= 4 is 57.6 Å². The molecular weight excluding hydrogens is 314 g/mol. The number of thiophene rings is 1. The summed E-state index contributed by atoms with van der Waals surface area (Å²) in [5, 5.41) is 1.97. The molecule has 106 valence electrons. The van der Waals surface area contributed by atoms with Crippen LogP contribution in [0.5, 0.6) is 0 Å². The maximum absolute atomic E-state index is 12.2. The third kappa shape index (κ3) is 3.28. The summed E-state index contributed by atoms with van der Waals surface area (Å²) < 4.78 is 5.23. The van der Waals surface area contributed by atoms with Gasteiger partial charge in [-0.3, -0.25) is 14.5 Å². The molecule has 1 aliphatic heterocycles. The second-order valence-electron chi connectivity index (χ2n) is 4.04. The van der Waals surface area contributed by atoms with Crippen molar-refractivity contribution in [2.24, 2.45) is 0 Å². The van der Waals surface area contributed by atoms with Crippen LogP contribution in [0.15, 0.2) is 16.4 Å². The number of carbonyl (C=O) groups is 2. The highest BCUT2D eigenvalue weighted by molar-refractivity contribution is 8.26. The SMILES string of the molecule is CCOC(=O)CN1C(=O)C(=Cc2sccc2C)SC1=S. The summed E-state index contributed by atoms with van der Waals surface area (Å²) in [6, 6.07) is 2.00. The van der Waals surface area contributed by atoms with Gasteiger partial charge in [0, 0.05) is 4.88 Å². The molecule has 4 nitrogen and oxygen atoms in total. The molecule has 1 amide bonds. The van der Waals surface area contributed by atoms with Crippen LogP contribution in [0, 0.1) is 6.92 Å². The molecule has 0 bridgehead atoms. The van der Waals surface area contributed by atoms with Crippen LogP contribution >= 0.6 is 35.3 Å². The van der Waals surface area contributed by atoms with Crippen LogP contribution in [0.2, 0.25) is 0 Å². The number of amides is 1. The van der Waals surface area contributed by atoms with Crippen molar-refractivity contribution < 1.29 is 14.3 Å². The van der Waals surface area contributed by atoms with Crippen molar-refractivity contribution in [2.45, 2.75) is 13.8 Å². The molecule has 0 unspecified atom stereocenters. The minimum Gasteiger partial charge on any atom is -0.465 e. The Kier molecular flexibility index (Phi) is 4.95. The van der Waals surface area contributed by atoms with Crippen molar-refractivity contribution in [2.75, 3.05) is 13.2 Å². The highest BCUT2D eigenvalue weighted by atomic mass is 32.2. The van der Waals surface area contributed by atoms with Crippen molar-refractivity contribution in [3.05, 3.63) is 26.8 Å². The molecule has 1 aromatic rings. The van der Waals surface area contributed by atoms with Gasteiger partial charge in [-0.1, -0.05) is 24.0 Å². The Labute approximate surface area is 130 Å². The zero-order chi connectivity index (χ0) is 14.7. The third-order valence-electron chi connectivity index (χ3n) is 2.63. The van der Waals surface area contributed by atoms with Crippen molar-refractivity contribution in [3.63, 3.8) is 0 Å². The lowest BCUT2D eigenvalue weighted by molar-refractivity contribution is -0.145. The molecule has 0 saturated carbocycles. The van der Waals surface area contributed by atoms with Crippen LogP contribution in [0.1, 0.15) is 17.4 Å². The van der Waals surface area contributed by atoms with Gasteiger partial charge in [0.1, 0.15) is 10.9 Å². The zero-order valence-corrected chi connectivity index (χ0v) is 13.5. The summed E-state index contributed by atoms with van der Waals surface area (Å²) in [5.41, 5.74) is 1.12. The number of rotatable bonds is 4. The van der Waals surface area contributed by atoms with Crippen molar-refractivity contribution in [1.82, 2.24) is 4.90 Å². The standard InChI is InChI=1S/C13H13NO3S3/c1-3-17-11(15)7-14-12(16)10(20-13(14)18)6-9-8(2)4-5-19-9/h4-6H,3,7H2,1-2H3. The van der Waals surface area contributed by atoms with E-state index in [1.54, 1.807) is 18.3 Å². The van der Waals surface area contributed by atoms with Gasteiger partial charge >= 0.3 is 5.97 Å².